The molecule has 0 aliphatic rings. The fourth-order valence-corrected chi connectivity index (χ4v) is 2.35. The Morgan fingerprint density at radius 1 is 1.15 bits per heavy atom. The molecule has 106 valence electrons. The topological polar surface area (TPSA) is 21.3 Å². The van der Waals surface area contributed by atoms with Gasteiger partial charge in [-0.1, -0.05) is 40.2 Å². The van der Waals surface area contributed by atoms with Gasteiger partial charge in [-0.15, -0.1) is 0 Å². The Morgan fingerprint density at radius 3 is 2.65 bits per heavy atom. The molecule has 0 atom stereocenters. The van der Waals surface area contributed by atoms with Crippen molar-refractivity contribution >= 4 is 21.6 Å². The van der Waals surface area contributed by atoms with Crippen LogP contribution in [0.3, 0.4) is 0 Å². The molecule has 2 aromatic rings. The number of aryl methyl sites for hydroxylation is 1. The second-order valence-corrected chi connectivity index (χ2v) is 6.00. The lowest BCUT2D eigenvalue weighted by Crippen LogP contribution is -2.09. The zero-order chi connectivity index (χ0) is 14.5. The highest BCUT2D eigenvalue weighted by Crippen LogP contribution is 2.24. The number of rotatable bonds is 5. The van der Waals surface area contributed by atoms with Crippen LogP contribution in [0, 0.1) is 6.92 Å². The Kier molecular flexibility index (Phi) is 5.07. The van der Waals surface area contributed by atoms with E-state index < -0.39 is 0 Å². The van der Waals surface area contributed by atoms with Crippen molar-refractivity contribution in [1.29, 1.82) is 0 Å². The quantitative estimate of drug-likeness (QED) is 0.816. The van der Waals surface area contributed by atoms with E-state index in [2.05, 4.69) is 52.4 Å². The molecule has 0 heterocycles. The van der Waals surface area contributed by atoms with Gasteiger partial charge in [0.05, 0.1) is 6.10 Å². The highest BCUT2D eigenvalue weighted by atomic mass is 79.9. The summed E-state index contributed by atoms with van der Waals surface area (Å²) in [4.78, 5) is 0. The van der Waals surface area contributed by atoms with Crippen LogP contribution in [0.25, 0.3) is 0 Å². The molecular weight excluding hydrogens is 314 g/mol. The zero-order valence-corrected chi connectivity index (χ0v) is 13.7. The first-order valence-electron chi connectivity index (χ1n) is 6.81. The smallest absolute Gasteiger partial charge is 0.124 e. The summed E-state index contributed by atoms with van der Waals surface area (Å²) in [6.07, 6.45) is 0.184. The van der Waals surface area contributed by atoms with Crippen LogP contribution < -0.4 is 10.1 Å². The average molecular weight is 334 g/mol. The molecule has 0 saturated carbocycles. The lowest BCUT2D eigenvalue weighted by molar-refractivity contribution is 0.240. The molecule has 0 aliphatic heterocycles. The van der Waals surface area contributed by atoms with Crippen LogP contribution in [0.5, 0.6) is 5.75 Å². The Morgan fingerprint density at radius 2 is 1.90 bits per heavy atom. The van der Waals surface area contributed by atoms with Gasteiger partial charge in [0.25, 0.3) is 0 Å². The minimum absolute atomic E-state index is 0.184. The molecular formula is C17H20BrNO. The predicted molar refractivity (Wildman–Crippen MR) is 88.4 cm³/mol. The minimum atomic E-state index is 0.184. The highest BCUT2D eigenvalue weighted by molar-refractivity contribution is 9.10. The maximum absolute atomic E-state index is 5.84. The van der Waals surface area contributed by atoms with E-state index in [9.17, 15) is 0 Å². The van der Waals surface area contributed by atoms with E-state index in [0.717, 1.165) is 22.5 Å². The molecule has 0 aliphatic carbocycles. The second-order valence-electron chi connectivity index (χ2n) is 5.09. The van der Waals surface area contributed by atoms with E-state index in [-0.39, 0.29) is 6.10 Å². The summed E-state index contributed by atoms with van der Waals surface area (Å²) < 4.78 is 6.92. The van der Waals surface area contributed by atoms with Crippen molar-refractivity contribution in [3.63, 3.8) is 0 Å². The van der Waals surface area contributed by atoms with Crippen LogP contribution in [0.1, 0.15) is 25.0 Å². The van der Waals surface area contributed by atoms with Crippen molar-refractivity contribution < 1.29 is 4.74 Å². The third-order valence-corrected chi connectivity index (χ3v) is 3.50. The van der Waals surface area contributed by atoms with Gasteiger partial charge in [0, 0.05) is 22.3 Å². The van der Waals surface area contributed by atoms with Gasteiger partial charge in [0.1, 0.15) is 5.75 Å². The maximum Gasteiger partial charge on any atom is 0.124 e. The number of hydrogen-bond donors (Lipinski definition) is 1. The van der Waals surface area contributed by atoms with Crippen molar-refractivity contribution in [3.05, 3.63) is 58.1 Å². The molecule has 2 aromatic carbocycles. The van der Waals surface area contributed by atoms with E-state index in [0.29, 0.717) is 0 Å². The molecule has 2 rings (SSSR count). The van der Waals surface area contributed by atoms with Crippen molar-refractivity contribution in [2.45, 2.75) is 33.4 Å². The molecule has 0 amide bonds. The Labute approximate surface area is 129 Å². The van der Waals surface area contributed by atoms with Gasteiger partial charge in [-0.3, -0.25) is 0 Å². The summed E-state index contributed by atoms with van der Waals surface area (Å²) in [6, 6.07) is 14.4. The van der Waals surface area contributed by atoms with Crippen molar-refractivity contribution in [2.75, 3.05) is 5.32 Å². The summed E-state index contributed by atoms with van der Waals surface area (Å²) in [7, 11) is 0. The van der Waals surface area contributed by atoms with Gasteiger partial charge in [0.15, 0.2) is 0 Å². The van der Waals surface area contributed by atoms with Crippen molar-refractivity contribution in [1.82, 2.24) is 0 Å². The van der Waals surface area contributed by atoms with Crippen LogP contribution in [-0.4, -0.2) is 6.10 Å². The fourth-order valence-electron chi connectivity index (χ4n) is 1.99. The molecule has 0 fully saturated rings. The number of para-hydroxylation sites is 1. The van der Waals surface area contributed by atoms with Gasteiger partial charge in [0.2, 0.25) is 0 Å². The molecule has 20 heavy (non-hydrogen) atoms. The first-order valence-corrected chi connectivity index (χ1v) is 7.60. The van der Waals surface area contributed by atoms with E-state index in [1.165, 1.54) is 11.1 Å². The van der Waals surface area contributed by atoms with Gasteiger partial charge in [-0.05, 0) is 44.5 Å². The number of nitrogens with one attached hydrogen (secondary N) is 1. The Hall–Kier alpha value is -1.48. The predicted octanol–water partition coefficient (Wildman–Crippen LogP) is 5.16. The van der Waals surface area contributed by atoms with Crippen molar-refractivity contribution in [3.8, 4) is 5.75 Å². The molecule has 0 spiro atoms. The SMILES string of the molecule is Cc1ccc(Br)cc1NCc1ccccc1OC(C)C. The fraction of sp³-hybridized carbons (Fsp3) is 0.294. The molecule has 2 nitrogen and oxygen atoms in total. The summed E-state index contributed by atoms with van der Waals surface area (Å²) in [5, 5.41) is 3.47. The lowest BCUT2D eigenvalue weighted by atomic mass is 10.1. The van der Waals surface area contributed by atoms with Crippen LogP contribution in [-0.2, 0) is 6.54 Å². The van der Waals surface area contributed by atoms with Crippen LogP contribution >= 0.6 is 15.9 Å². The van der Waals surface area contributed by atoms with Gasteiger partial charge in [-0.2, -0.15) is 0 Å². The largest absolute Gasteiger partial charge is 0.491 e. The molecule has 0 aromatic heterocycles. The molecule has 0 radical (unpaired) electrons. The number of halogens is 1. The monoisotopic (exact) mass is 333 g/mol. The number of anilines is 1. The average Bonchev–Trinajstić information content (AvgIpc) is 2.41. The zero-order valence-electron chi connectivity index (χ0n) is 12.1. The second kappa shape index (κ2) is 6.80. The molecule has 1 N–H and O–H groups in total. The van der Waals surface area contributed by atoms with Crippen LogP contribution in [0.15, 0.2) is 46.9 Å². The summed E-state index contributed by atoms with van der Waals surface area (Å²) in [5.41, 5.74) is 3.54. The summed E-state index contributed by atoms with van der Waals surface area (Å²) in [6.45, 7) is 6.94. The molecule has 0 unspecified atom stereocenters. The normalized spacial score (nSPS) is 10.7. The molecule has 0 bridgehead atoms. The molecule has 0 saturated heterocycles. The summed E-state index contributed by atoms with van der Waals surface area (Å²) >= 11 is 3.51. The minimum Gasteiger partial charge on any atom is -0.491 e. The van der Waals surface area contributed by atoms with Crippen LogP contribution in [0.2, 0.25) is 0 Å². The Bertz CT molecular complexity index is 581. The molecule has 3 heteroatoms. The van der Waals surface area contributed by atoms with Crippen molar-refractivity contribution in [2.24, 2.45) is 0 Å². The lowest BCUT2D eigenvalue weighted by Gasteiger charge is -2.16. The van der Waals surface area contributed by atoms with Gasteiger partial charge >= 0.3 is 0 Å². The van der Waals surface area contributed by atoms with Gasteiger partial charge < -0.3 is 10.1 Å². The first kappa shape index (κ1) is 14.9. The van der Waals surface area contributed by atoms with E-state index in [1.54, 1.807) is 0 Å². The highest BCUT2D eigenvalue weighted by Gasteiger charge is 2.06. The van der Waals surface area contributed by atoms with Crippen LogP contribution in [0.4, 0.5) is 5.69 Å². The maximum atomic E-state index is 5.84. The number of hydrogen-bond acceptors (Lipinski definition) is 2. The third kappa shape index (κ3) is 4.01. The number of ether oxygens (including phenoxy) is 1. The van der Waals surface area contributed by atoms with E-state index >= 15 is 0 Å². The standard InChI is InChI=1S/C17H20BrNO/c1-12(2)20-17-7-5-4-6-14(17)11-19-16-10-15(18)9-8-13(16)3/h4-10,12,19H,11H2,1-3H3. The van der Waals surface area contributed by atoms with E-state index in [1.807, 2.05) is 32.0 Å². The van der Waals surface area contributed by atoms with Gasteiger partial charge in [-0.25, -0.2) is 0 Å². The Balaban J connectivity index is 2.12. The third-order valence-electron chi connectivity index (χ3n) is 3.00. The number of benzene rings is 2. The first-order chi connectivity index (χ1) is 9.56. The summed E-state index contributed by atoms with van der Waals surface area (Å²) in [5.74, 6) is 0.947. The van der Waals surface area contributed by atoms with E-state index in [4.69, 9.17) is 4.74 Å².